The molecule has 0 saturated carbocycles. The topological polar surface area (TPSA) is 60.2 Å². The van der Waals surface area contributed by atoms with Crippen LogP contribution in [-0.4, -0.2) is 13.8 Å². The molecule has 0 aromatic rings. The van der Waals surface area contributed by atoms with Crippen LogP contribution in [0.15, 0.2) is 0 Å². The lowest BCUT2D eigenvalue weighted by atomic mass is 10.8. The van der Waals surface area contributed by atoms with E-state index < -0.39 is 16.1 Å². The standard InChI is InChI=1S/C2H7NO2S/c1-2(3)6(4)5/h2,6H,3H2,1H3. The Bertz CT molecular complexity index is 87.7. The molecule has 0 aromatic carbocycles. The molecular formula is C2H7NO2S. The molecule has 0 aliphatic carbocycles. The molecule has 0 heterocycles. The van der Waals surface area contributed by atoms with Crippen LogP contribution in [0.25, 0.3) is 0 Å². The number of thiol groups is 1. The molecule has 4 heteroatoms. The van der Waals surface area contributed by atoms with E-state index in [0.717, 1.165) is 0 Å². The average molecular weight is 109 g/mol. The van der Waals surface area contributed by atoms with Crippen LogP contribution in [0, 0.1) is 0 Å². The first kappa shape index (κ1) is 5.91. The van der Waals surface area contributed by atoms with Gasteiger partial charge in [-0.25, -0.2) is 8.42 Å². The quantitative estimate of drug-likeness (QED) is 0.420. The fourth-order valence-electron chi connectivity index (χ4n) is 0. The second-order valence-corrected chi connectivity index (χ2v) is 2.41. The predicted octanol–water partition coefficient (Wildman–Crippen LogP) is -1.10. The van der Waals surface area contributed by atoms with E-state index in [2.05, 4.69) is 0 Å². The maximum Gasteiger partial charge on any atom is 0.155 e. The molecule has 0 rings (SSSR count). The Morgan fingerprint density at radius 2 is 1.83 bits per heavy atom. The van der Waals surface area contributed by atoms with Gasteiger partial charge in [0.1, 0.15) is 5.37 Å². The summed E-state index contributed by atoms with van der Waals surface area (Å²) in [6.07, 6.45) is 0. The zero-order chi connectivity index (χ0) is 5.15. The molecule has 1 atom stereocenters. The lowest BCUT2D eigenvalue weighted by Crippen LogP contribution is -2.15. The van der Waals surface area contributed by atoms with Gasteiger partial charge in [-0.3, -0.25) is 0 Å². The van der Waals surface area contributed by atoms with Gasteiger partial charge in [-0.05, 0) is 6.92 Å². The van der Waals surface area contributed by atoms with E-state index in [9.17, 15) is 8.42 Å². The van der Waals surface area contributed by atoms with E-state index in [4.69, 9.17) is 5.73 Å². The van der Waals surface area contributed by atoms with Crippen LogP contribution in [-0.2, 0) is 10.7 Å². The van der Waals surface area contributed by atoms with E-state index in [0.29, 0.717) is 0 Å². The summed E-state index contributed by atoms with van der Waals surface area (Å²) in [5.41, 5.74) is 4.84. The van der Waals surface area contributed by atoms with E-state index in [1.165, 1.54) is 6.92 Å². The molecule has 1 unspecified atom stereocenters. The average Bonchev–Trinajstić information content (AvgIpc) is 1.36. The third kappa shape index (κ3) is 2.17. The zero-order valence-electron chi connectivity index (χ0n) is 3.42. The Morgan fingerprint density at radius 3 is 1.83 bits per heavy atom. The fraction of sp³-hybridized carbons (Fsp3) is 1.00. The Hall–Kier alpha value is -0.0900. The monoisotopic (exact) mass is 109 g/mol. The van der Waals surface area contributed by atoms with Crippen molar-refractivity contribution in [3.05, 3.63) is 0 Å². The molecule has 6 heavy (non-hydrogen) atoms. The van der Waals surface area contributed by atoms with Crippen molar-refractivity contribution in [2.24, 2.45) is 5.73 Å². The van der Waals surface area contributed by atoms with Crippen LogP contribution in [0.1, 0.15) is 6.92 Å². The minimum Gasteiger partial charge on any atom is -0.316 e. The lowest BCUT2D eigenvalue weighted by Gasteiger charge is -1.84. The molecule has 38 valence electrons. The van der Waals surface area contributed by atoms with Crippen molar-refractivity contribution >= 4 is 10.7 Å². The van der Waals surface area contributed by atoms with Crippen LogP contribution >= 0.6 is 0 Å². The highest BCUT2D eigenvalue weighted by atomic mass is 32.2. The molecule has 0 amide bonds. The summed E-state index contributed by atoms with van der Waals surface area (Å²) in [6, 6.07) is 0. The minimum atomic E-state index is -2.38. The van der Waals surface area contributed by atoms with Crippen molar-refractivity contribution < 1.29 is 8.42 Å². The minimum absolute atomic E-state index is 0.694. The zero-order valence-corrected chi connectivity index (χ0v) is 4.31. The molecule has 0 bridgehead atoms. The van der Waals surface area contributed by atoms with Crippen LogP contribution in [0.3, 0.4) is 0 Å². The molecule has 0 radical (unpaired) electrons. The molecular weight excluding hydrogens is 102 g/mol. The summed E-state index contributed by atoms with van der Waals surface area (Å²) >= 11 is 0. The molecule has 0 aliphatic rings. The Morgan fingerprint density at radius 1 is 1.67 bits per heavy atom. The molecule has 0 saturated heterocycles. The molecule has 0 fully saturated rings. The van der Waals surface area contributed by atoms with Crippen LogP contribution in [0.2, 0.25) is 0 Å². The Labute approximate surface area is 38.1 Å². The summed E-state index contributed by atoms with van der Waals surface area (Å²) in [7, 11) is -2.38. The second kappa shape index (κ2) is 2.15. The fourth-order valence-corrected chi connectivity index (χ4v) is 0. The van der Waals surface area contributed by atoms with E-state index >= 15 is 0 Å². The molecule has 0 spiro atoms. The predicted molar refractivity (Wildman–Crippen MR) is 24.0 cm³/mol. The summed E-state index contributed by atoms with van der Waals surface area (Å²) in [5, 5.41) is -0.694. The van der Waals surface area contributed by atoms with Gasteiger partial charge >= 0.3 is 0 Å². The normalized spacial score (nSPS) is 15.2. The smallest absolute Gasteiger partial charge is 0.155 e. The Kier molecular flexibility index (Phi) is 2.12. The van der Waals surface area contributed by atoms with Crippen molar-refractivity contribution in [1.29, 1.82) is 0 Å². The van der Waals surface area contributed by atoms with Gasteiger partial charge in [0.15, 0.2) is 10.7 Å². The largest absolute Gasteiger partial charge is 0.316 e. The molecule has 0 aliphatic heterocycles. The highest BCUT2D eigenvalue weighted by Gasteiger charge is 1.88. The number of hydrogen-bond donors (Lipinski definition) is 2. The molecule has 3 nitrogen and oxygen atoms in total. The number of rotatable bonds is 1. The SMILES string of the molecule is CC(N)[SH](=O)=O. The van der Waals surface area contributed by atoms with Crippen LogP contribution < -0.4 is 5.73 Å². The maximum absolute atomic E-state index is 9.61. The number of hydrogen-bond acceptors (Lipinski definition) is 3. The number of nitrogens with two attached hydrogens (primary N) is 1. The highest BCUT2D eigenvalue weighted by molar-refractivity contribution is 7.73. The van der Waals surface area contributed by atoms with Crippen molar-refractivity contribution in [2.75, 3.05) is 0 Å². The third-order valence-corrected chi connectivity index (χ3v) is 0.998. The molecule has 0 aromatic heterocycles. The first-order valence-electron chi connectivity index (χ1n) is 1.53. The summed E-state index contributed by atoms with van der Waals surface area (Å²) in [6.45, 7) is 1.42. The van der Waals surface area contributed by atoms with E-state index in [1.807, 2.05) is 0 Å². The highest BCUT2D eigenvalue weighted by Crippen LogP contribution is 1.67. The molecule has 2 N–H and O–H groups in total. The van der Waals surface area contributed by atoms with Gasteiger partial charge in [0.2, 0.25) is 0 Å². The van der Waals surface area contributed by atoms with Crippen molar-refractivity contribution in [3.63, 3.8) is 0 Å². The van der Waals surface area contributed by atoms with E-state index in [1.54, 1.807) is 0 Å². The van der Waals surface area contributed by atoms with Crippen molar-refractivity contribution in [1.82, 2.24) is 0 Å². The lowest BCUT2D eigenvalue weighted by molar-refractivity contribution is 0.605. The summed E-state index contributed by atoms with van der Waals surface area (Å²) in [5.74, 6) is 0. The van der Waals surface area contributed by atoms with Gasteiger partial charge in [-0.1, -0.05) is 0 Å². The Balaban J connectivity index is 3.57. The van der Waals surface area contributed by atoms with Crippen molar-refractivity contribution in [2.45, 2.75) is 12.3 Å². The van der Waals surface area contributed by atoms with Gasteiger partial charge in [0.25, 0.3) is 0 Å². The van der Waals surface area contributed by atoms with Gasteiger partial charge < -0.3 is 5.73 Å². The third-order valence-electron chi connectivity index (χ3n) is 0.333. The van der Waals surface area contributed by atoms with Gasteiger partial charge in [-0.2, -0.15) is 0 Å². The van der Waals surface area contributed by atoms with E-state index in [-0.39, 0.29) is 0 Å². The van der Waals surface area contributed by atoms with Crippen LogP contribution in [0.4, 0.5) is 0 Å². The van der Waals surface area contributed by atoms with Crippen molar-refractivity contribution in [3.8, 4) is 0 Å². The summed E-state index contributed by atoms with van der Waals surface area (Å²) < 4.78 is 19.2. The van der Waals surface area contributed by atoms with Gasteiger partial charge in [0.05, 0.1) is 0 Å². The summed E-state index contributed by atoms with van der Waals surface area (Å²) in [4.78, 5) is 0. The van der Waals surface area contributed by atoms with Crippen LogP contribution in [0.5, 0.6) is 0 Å². The maximum atomic E-state index is 9.61. The van der Waals surface area contributed by atoms with Gasteiger partial charge in [-0.15, -0.1) is 0 Å². The second-order valence-electron chi connectivity index (χ2n) is 1.03. The first-order chi connectivity index (χ1) is 2.64. The first-order valence-corrected chi connectivity index (χ1v) is 2.78. The van der Waals surface area contributed by atoms with Gasteiger partial charge in [0, 0.05) is 0 Å².